The van der Waals surface area contributed by atoms with Crippen LogP contribution in [0.4, 0.5) is 0 Å². The lowest BCUT2D eigenvalue weighted by Crippen LogP contribution is -2.08. The van der Waals surface area contributed by atoms with Gasteiger partial charge in [-0.15, -0.1) is 0 Å². The third kappa shape index (κ3) is 8.19. The highest BCUT2D eigenvalue weighted by molar-refractivity contribution is 6.16. The standard InChI is InChI=1S/C41H45NO3/c1-28(2)23-30-14-18-33(19-15-30)37(34-20-16-31(17-21-34)24-29(3)4)26-32-9-7-10-35(25-32)41(45)38-27-42(22-8-13-40(43)44)39-12-6-5-11-36(38)39/h5-7,9-12,14-21,25,27-29,37H,8,13,22-24,26H2,1-4H3,(H,43,44). The Balaban J connectivity index is 1.44. The number of aromatic nitrogens is 1. The number of aliphatic carboxylic acids is 1. The van der Waals surface area contributed by atoms with E-state index in [1.165, 1.54) is 22.3 Å². The number of carboxylic acids is 1. The average molecular weight is 600 g/mol. The van der Waals surface area contributed by atoms with Crippen molar-refractivity contribution in [3.05, 3.63) is 142 Å². The van der Waals surface area contributed by atoms with Gasteiger partial charge in [-0.25, -0.2) is 0 Å². The lowest BCUT2D eigenvalue weighted by Gasteiger charge is -2.20. The van der Waals surface area contributed by atoms with E-state index in [-0.39, 0.29) is 18.1 Å². The first-order valence-corrected chi connectivity index (χ1v) is 16.3. The number of nitrogens with zero attached hydrogens (tertiary/aromatic N) is 1. The molecular weight excluding hydrogens is 554 g/mol. The van der Waals surface area contributed by atoms with Crippen LogP contribution in [-0.4, -0.2) is 21.4 Å². The van der Waals surface area contributed by atoms with Crippen molar-refractivity contribution in [2.24, 2.45) is 11.8 Å². The molecule has 0 unspecified atom stereocenters. The fourth-order valence-corrected chi connectivity index (χ4v) is 6.39. The predicted octanol–water partition coefficient (Wildman–Crippen LogP) is 9.51. The minimum atomic E-state index is -0.809. The Morgan fingerprint density at radius 3 is 1.87 bits per heavy atom. The summed E-state index contributed by atoms with van der Waals surface area (Å²) in [6.45, 7) is 9.55. The fraction of sp³-hybridized carbons (Fsp3) is 0.317. The monoisotopic (exact) mass is 599 g/mol. The normalized spacial score (nSPS) is 11.6. The molecule has 0 radical (unpaired) electrons. The first kappa shape index (κ1) is 32.0. The number of aryl methyl sites for hydroxylation is 1. The zero-order chi connectivity index (χ0) is 31.9. The zero-order valence-corrected chi connectivity index (χ0v) is 27.0. The zero-order valence-electron chi connectivity index (χ0n) is 27.0. The molecule has 4 nitrogen and oxygen atoms in total. The van der Waals surface area contributed by atoms with E-state index in [1.807, 2.05) is 53.2 Å². The number of hydrogen-bond donors (Lipinski definition) is 1. The maximum absolute atomic E-state index is 14.0. The average Bonchev–Trinajstić information content (AvgIpc) is 3.38. The second kappa shape index (κ2) is 14.6. The van der Waals surface area contributed by atoms with E-state index < -0.39 is 5.97 Å². The molecule has 0 aliphatic carbocycles. The molecule has 5 aromatic rings. The van der Waals surface area contributed by atoms with E-state index in [2.05, 4.69) is 82.3 Å². The van der Waals surface area contributed by atoms with Gasteiger partial charge in [-0.3, -0.25) is 9.59 Å². The summed E-state index contributed by atoms with van der Waals surface area (Å²) < 4.78 is 2.01. The number of carbonyl (C=O) groups excluding carboxylic acids is 1. The van der Waals surface area contributed by atoms with Crippen LogP contribution >= 0.6 is 0 Å². The van der Waals surface area contributed by atoms with Gasteiger partial charge in [-0.05, 0) is 77.5 Å². The van der Waals surface area contributed by atoms with Gasteiger partial charge < -0.3 is 9.67 Å². The molecule has 4 heteroatoms. The van der Waals surface area contributed by atoms with E-state index in [1.54, 1.807) is 0 Å². The highest BCUT2D eigenvalue weighted by atomic mass is 16.4. The minimum absolute atomic E-state index is 0.0161. The number of fused-ring (bicyclic) bond motifs is 1. The number of benzene rings is 4. The topological polar surface area (TPSA) is 59.3 Å². The lowest BCUT2D eigenvalue weighted by molar-refractivity contribution is -0.137. The van der Waals surface area contributed by atoms with Crippen LogP contribution in [0.15, 0.2) is 103 Å². The van der Waals surface area contributed by atoms with Crippen molar-refractivity contribution in [1.82, 2.24) is 4.57 Å². The second-order valence-corrected chi connectivity index (χ2v) is 13.2. The van der Waals surface area contributed by atoms with Gasteiger partial charge in [0.15, 0.2) is 5.78 Å². The van der Waals surface area contributed by atoms with Crippen molar-refractivity contribution in [1.29, 1.82) is 0 Å². The van der Waals surface area contributed by atoms with Crippen LogP contribution in [-0.2, 0) is 30.6 Å². The van der Waals surface area contributed by atoms with E-state index >= 15 is 0 Å². The van der Waals surface area contributed by atoms with Gasteiger partial charge in [0, 0.05) is 47.1 Å². The molecule has 1 N–H and O–H groups in total. The van der Waals surface area contributed by atoms with Gasteiger partial charge in [0.05, 0.1) is 0 Å². The summed E-state index contributed by atoms with van der Waals surface area (Å²) in [5, 5.41) is 10.00. The van der Waals surface area contributed by atoms with Gasteiger partial charge in [-0.2, -0.15) is 0 Å². The van der Waals surface area contributed by atoms with E-state index in [0.717, 1.165) is 35.7 Å². The molecule has 0 aliphatic heterocycles. The van der Waals surface area contributed by atoms with Gasteiger partial charge >= 0.3 is 5.97 Å². The summed E-state index contributed by atoms with van der Waals surface area (Å²) in [6.07, 6.45) is 5.41. The molecule has 0 spiro atoms. The molecule has 0 saturated heterocycles. The number of hydrogen-bond acceptors (Lipinski definition) is 2. The summed E-state index contributed by atoms with van der Waals surface area (Å²) in [5.41, 5.74) is 8.65. The van der Waals surface area contributed by atoms with E-state index in [9.17, 15) is 9.59 Å². The molecule has 0 bridgehead atoms. The molecule has 1 heterocycles. The first-order valence-electron chi connectivity index (χ1n) is 16.3. The number of ketones is 1. The Labute approximate surface area is 267 Å². The smallest absolute Gasteiger partial charge is 0.303 e. The molecule has 5 rings (SSSR count). The Kier molecular flexibility index (Phi) is 10.3. The van der Waals surface area contributed by atoms with Gasteiger partial charge in [-0.1, -0.05) is 113 Å². The van der Waals surface area contributed by atoms with Crippen LogP contribution in [0.2, 0.25) is 0 Å². The molecule has 4 aromatic carbocycles. The van der Waals surface area contributed by atoms with Crippen LogP contribution in [0.5, 0.6) is 0 Å². The van der Waals surface area contributed by atoms with Crippen molar-refractivity contribution in [2.45, 2.75) is 72.3 Å². The minimum Gasteiger partial charge on any atom is -0.481 e. The SMILES string of the molecule is CC(C)Cc1ccc(C(Cc2cccc(C(=O)c3cn(CCCC(=O)O)c4ccccc34)c2)c2ccc(CC(C)C)cc2)cc1. The quantitative estimate of drug-likeness (QED) is 0.129. The predicted molar refractivity (Wildman–Crippen MR) is 184 cm³/mol. The molecule has 0 amide bonds. The largest absolute Gasteiger partial charge is 0.481 e. The third-order valence-corrected chi connectivity index (χ3v) is 8.50. The summed E-state index contributed by atoms with van der Waals surface area (Å²) in [5.74, 6) is 0.555. The number of carbonyl (C=O) groups is 2. The molecule has 1 aromatic heterocycles. The molecule has 0 saturated carbocycles. The van der Waals surface area contributed by atoms with Crippen molar-refractivity contribution >= 4 is 22.7 Å². The number of rotatable bonds is 14. The molecule has 232 valence electrons. The van der Waals surface area contributed by atoms with Gasteiger partial charge in [0.2, 0.25) is 0 Å². The highest BCUT2D eigenvalue weighted by Crippen LogP contribution is 2.31. The second-order valence-electron chi connectivity index (χ2n) is 13.2. The first-order chi connectivity index (χ1) is 21.7. The Hall–Kier alpha value is -4.44. The van der Waals surface area contributed by atoms with E-state index in [4.69, 9.17) is 5.11 Å². The van der Waals surface area contributed by atoms with Crippen molar-refractivity contribution in [3.8, 4) is 0 Å². The summed E-state index contributed by atoms with van der Waals surface area (Å²) >= 11 is 0. The number of carboxylic acid groups (broad SMARTS) is 1. The van der Waals surface area contributed by atoms with Crippen LogP contribution < -0.4 is 0 Å². The summed E-state index contributed by atoms with van der Waals surface area (Å²) in [7, 11) is 0. The summed E-state index contributed by atoms with van der Waals surface area (Å²) in [4.78, 5) is 25.1. The van der Waals surface area contributed by atoms with E-state index in [0.29, 0.717) is 35.9 Å². The highest BCUT2D eigenvalue weighted by Gasteiger charge is 2.20. The molecule has 0 aliphatic rings. The maximum atomic E-state index is 14.0. The lowest BCUT2D eigenvalue weighted by atomic mass is 9.84. The van der Waals surface area contributed by atoms with Crippen molar-refractivity contribution < 1.29 is 14.7 Å². The van der Waals surface area contributed by atoms with Crippen LogP contribution in [0.3, 0.4) is 0 Å². The third-order valence-electron chi connectivity index (χ3n) is 8.50. The molecule has 45 heavy (non-hydrogen) atoms. The Morgan fingerprint density at radius 1 is 0.689 bits per heavy atom. The number of para-hydroxylation sites is 1. The van der Waals surface area contributed by atoms with Crippen LogP contribution in [0, 0.1) is 11.8 Å². The van der Waals surface area contributed by atoms with Gasteiger partial charge in [0.1, 0.15) is 0 Å². The molecule has 0 atom stereocenters. The molecule has 0 fully saturated rings. The van der Waals surface area contributed by atoms with Crippen LogP contribution in [0.1, 0.15) is 90.2 Å². The van der Waals surface area contributed by atoms with Gasteiger partial charge in [0.25, 0.3) is 0 Å². The molecular formula is C41H45NO3. The van der Waals surface area contributed by atoms with Crippen LogP contribution in [0.25, 0.3) is 10.9 Å². The Morgan fingerprint density at radius 2 is 1.29 bits per heavy atom. The summed E-state index contributed by atoms with van der Waals surface area (Å²) in [6, 6.07) is 34.1. The van der Waals surface area contributed by atoms with Crippen molar-refractivity contribution in [2.75, 3.05) is 0 Å². The fourth-order valence-electron chi connectivity index (χ4n) is 6.39. The van der Waals surface area contributed by atoms with Crippen molar-refractivity contribution in [3.63, 3.8) is 0 Å². The Bertz CT molecular complexity index is 1690. The maximum Gasteiger partial charge on any atom is 0.303 e.